The molecule has 0 heterocycles. The van der Waals surface area contributed by atoms with Gasteiger partial charge in [0.1, 0.15) is 5.78 Å². The zero-order chi connectivity index (χ0) is 12.7. The van der Waals surface area contributed by atoms with Crippen LogP contribution in [-0.2, 0) is 9.59 Å². The van der Waals surface area contributed by atoms with Crippen LogP contribution >= 0.6 is 0 Å². The lowest BCUT2D eigenvalue weighted by Crippen LogP contribution is -2.43. The zero-order valence-electron chi connectivity index (χ0n) is 10.8. The van der Waals surface area contributed by atoms with Gasteiger partial charge in [0.2, 0.25) is 0 Å². The third-order valence-corrected chi connectivity index (χ3v) is 4.61. The molecule has 1 aliphatic rings. The molecule has 0 aliphatic heterocycles. The van der Waals surface area contributed by atoms with Gasteiger partial charge in [0.15, 0.2) is 0 Å². The molecule has 0 bridgehead atoms. The number of carboxylic acids is 1. The monoisotopic (exact) mass is 226 g/mol. The molecule has 0 radical (unpaired) electrons. The molecule has 0 aromatic heterocycles. The van der Waals surface area contributed by atoms with Crippen molar-refractivity contribution in [2.24, 2.45) is 22.7 Å². The van der Waals surface area contributed by atoms with Crippen LogP contribution < -0.4 is 0 Å². The molecule has 16 heavy (non-hydrogen) atoms. The molecule has 3 nitrogen and oxygen atoms in total. The predicted molar refractivity (Wildman–Crippen MR) is 62.1 cm³/mol. The van der Waals surface area contributed by atoms with E-state index in [9.17, 15) is 14.7 Å². The number of Topliss-reactive ketones (excluding diaryl/α,β-unsaturated/α-hetero) is 1. The third kappa shape index (κ3) is 1.66. The van der Waals surface area contributed by atoms with Crippen molar-refractivity contribution in [3.8, 4) is 0 Å². The van der Waals surface area contributed by atoms with Crippen molar-refractivity contribution in [1.29, 1.82) is 0 Å². The minimum atomic E-state index is -0.781. The van der Waals surface area contributed by atoms with Gasteiger partial charge in [0, 0.05) is 11.8 Å². The SMILES string of the molecule is CC(C)C(=O)C1CCC(C)(C(=O)O)C1(C)C. The number of rotatable bonds is 3. The number of carbonyl (C=O) groups excluding carboxylic acids is 1. The number of hydrogen-bond acceptors (Lipinski definition) is 2. The van der Waals surface area contributed by atoms with Crippen LogP contribution in [0.25, 0.3) is 0 Å². The van der Waals surface area contributed by atoms with Crippen molar-refractivity contribution < 1.29 is 14.7 Å². The number of aliphatic carboxylic acids is 1. The topological polar surface area (TPSA) is 54.4 Å². The van der Waals surface area contributed by atoms with Crippen molar-refractivity contribution in [1.82, 2.24) is 0 Å². The fourth-order valence-corrected chi connectivity index (χ4v) is 2.78. The fraction of sp³-hybridized carbons (Fsp3) is 0.846. The number of hydrogen-bond donors (Lipinski definition) is 1. The highest BCUT2D eigenvalue weighted by atomic mass is 16.4. The maximum absolute atomic E-state index is 12.1. The molecule has 1 N–H and O–H groups in total. The van der Waals surface area contributed by atoms with E-state index in [0.29, 0.717) is 12.8 Å². The Labute approximate surface area is 97.2 Å². The summed E-state index contributed by atoms with van der Waals surface area (Å²) in [5, 5.41) is 9.33. The van der Waals surface area contributed by atoms with Gasteiger partial charge in [0.05, 0.1) is 5.41 Å². The molecule has 2 unspecified atom stereocenters. The van der Waals surface area contributed by atoms with Crippen LogP contribution in [0.15, 0.2) is 0 Å². The van der Waals surface area contributed by atoms with Crippen LogP contribution in [0.2, 0.25) is 0 Å². The summed E-state index contributed by atoms with van der Waals surface area (Å²) in [6, 6.07) is 0. The molecule has 1 fully saturated rings. The second-order valence-electron chi connectivity index (χ2n) is 6.01. The highest BCUT2D eigenvalue weighted by Crippen LogP contribution is 2.56. The van der Waals surface area contributed by atoms with E-state index in [0.717, 1.165) is 0 Å². The molecule has 2 atom stereocenters. The minimum absolute atomic E-state index is 0.0135. The average Bonchev–Trinajstić information content (AvgIpc) is 2.38. The van der Waals surface area contributed by atoms with E-state index in [1.54, 1.807) is 6.92 Å². The highest BCUT2D eigenvalue weighted by molar-refractivity contribution is 5.86. The molecular formula is C13H22O3. The van der Waals surface area contributed by atoms with Crippen LogP contribution in [0.5, 0.6) is 0 Å². The van der Waals surface area contributed by atoms with Gasteiger partial charge in [-0.15, -0.1) is 0 Å². The Morgan fingerprint density at radius 3 is 2.06 bits per heavy atom. The molecule has 0 amide bonds. The second-order valence-corrected chi connectivity index (χ2v) is 6.01. The van der Waals surface area contributed by atoms with Gasteiger partial charge in [0.25, 0.3) is 0 Å². The summed E-state index contributed by atoms with van der Waals surface area (Å²) < 4.78 is 0. The Morgan fingerprint density at radius 2 is 1.75 bits per heavy atom. The van der Waals surface area contributed by atoms with Gasteiger partial charge >= 0.3 is 5.97 Å². The second kappa shape index (κ2) is 3.86. The lowest BCUT2D eigenvalue weighted by atomic mass is 9.64. The summed E-state index contributed by atoms with van der Waals surface area (Å²) in [4.78, 5) is 23.4. The van der Waals surface area contributed by atoms with Crippen LogP contribution in [0.4, 0.5) is 0 Å². The predicted octanol–water partition coefficient (Wildman–Crippen LogP) is 2.74. The molecule has 1 aliphatic carbocycles. The van der Waals surface area contributed by atoms with Gasteiger partial charge in [-0.1, -0.05) is 27.7 Å². The van der Waals surface area contributed by atoms with Gasteiger partial charge in [-0.25, -0.2) is 0 Å². The maximum Gasteiger partial charge on any atom is 0.309 e. The van der Waals surface area contributed by atoms with Gasteiger partial charge in [-0.2, -0.15) is 0 Å². The van der Waals surface area contributed by atoms with Crippen LogP contribution in [-0.4, -0.2) is 16.9 Å². The Kier molecular flexibility index (Phi) is 3.19. The highest BCUT2D eigenvalue weighted by Gasteiger charge is 2.58. The summed E-state index contributed by atoms with van der Waals surface area (Å²) in [5.74, 6) is -0.708. The lowest BCUT2D eigenvalue weighted by Gasteiger charge is -2.38. The summed E-state index contributed by atoms with van der Waals surface area (Å²) in [6.07, 6.45) is 1.30. The first-order valence-corrected chi connectivity index (χ1v) is 5.91. The van der Waals surface area contributed by atoms with E-state index in [-0.39, 0.29) is 17.6 Å². The van der Waals surface area contributed by atoms with Crippen LogP contribution in [0, 0.1) is 22.7 Å². The smallest absolute Gasteiger partial charge is 0.309 e. The molecule has 1 saturated carbocycles. The molecule has 3 heteroatoms. The van der Waals surface area contributed by atoms with Crippen molar-refractivity contribution >= 4 is 11.8 Å². The minimum Gasteiger partial charge on any atom is -0.481 e. The standard InChI is InChI=1S/C13H22O3/c1-8(2)10(14)9-6-7-13(5,11(15)16)12(9,3)4/h8-9H,6-7H2,1-5H3,(H,15,16). The Balaban J connectivity index is 3.05. The van der Waals surface area contributed by atoms with Gasteiger partial charge in [-0.3, -0.25) is 9.59 Å². The van der Waals surface area contributed by atoms with E-state index in [1.165, 1.54) is 0 Å². The summed E-state index contributed by atoms with van der Waals surface area (Å²) in [6.45, 7) is 9.37. The normalized spacial score (nSPS) is 33.0. The summed E-state index contributed by atoms with van der Waals surface area (Å²) >= 11 is 0. The van der Waals surface area contributed by atoms with Gasteiger partial charge < -0.3 is 5.11 Å². The molecule has 0 saturated heterocycles. The average molecular weight is 226 g/mol. The van der Waals surface area contributed by atoms with Crippen molar-refractivity contribution in [2.45, 2.75) is 47.5 Å². The first-order chi connectivity index (χ1) is 7.14. The molecule has 1 rings (SSSR count). The Hall–Kier alpha value is -0.860. The fourth-order valence-electron chi connectivity index (χ4n) is 2.78. The number of carboxylic acid groups (broad SMARTS) is 1. The molecule has 0 spiro atoms. The molecule has 0 aromatic rings. The number of ketones is 1. The largest absolute Gasteiger partial charge is 0.481 e. The maximum atomic E-state index is 12.1. The lowest BCUT2D eigenvalue weighted by molar-refractivity contribution is -0.155. The zero-order valence-corrected chi connectivity index (χ0v) is 10.8. The van der Waals surface area contributed by atoms with Crippen molar-refractivity contribution in [2.75, 3.05) is 0 Å². The molecule has 92 valence electrons. The van der Waals surface area contributed by atoms with Gasteiger partial charge in [-0.05, 0) is 25.2 Å². The Bertz CT molecular complexity index is 317. The number of carbonyl (C=O) groups is 2. The quantitative estimate of drug-likeness (QED) is 0.805. The third-order valence-electron chi connectivity index (χ3n) is 4.61. The van der Waals surface area contributed by atoms with E-state index in [1.807, 2.05) is 27.7 Å². The van der Waals surface area contributed by atoms with E-state index >= 15 is 0 Å². The van der Waals surface area contributed by atoms with E-state index in [4.69, 9.17) is 0 Å². The Morgan fingerprint density at radius 1 is 1.25 bits per heavy atom. The van der Waals surface area contributed by atoms with Crippen LogP contribution in [0.3, 0.4) is 0 Å². The van der Waals surface area contributed by atoms with E-state index < -0.39 is 16.8 Å². The van der Waals surface area contributed by atoms with Crippen molar-refractivity contribution in [3.63, 3.8) is 0 Å². The molecular weight excluding hydrogens is 204 g/mol. The summed E-state index contributed by atoms with van der Waals surface area (Å²) in [7, 11) is 0. The first-order valence-electron chi connectivity index (χ1n) is 5.91. The van der Waals surface area contributed by atoms with Crippen LogP contribution in [0.1, 0.15) is 47.5 Å². The van der Waals surface area contributed by atoms with E-state index in [2.05, 4.69) is 0 Å². The van der Waals surface area contributed by atoms with Crippen molar-refractivity contribution in [3.05, 3.63) is 0 Å². The summed E-state index contributed by atoms with van der Waals surface area (Å²) in [5.41, 5.74) is -1.23. The molecule has 0 aromatic carbocycles. The first kappa shape index (κ1) is 13.2.